The van der Waals surface area contributed by atoms with E-state index < -0.39 is 0 Å². The predicted molar refractivity (Wildman–Crippen MR) is 56.1 cm³/mol. The number of benzene rings is 1. The molecule has 74 valence electrons. The van der Waals surface area contributed by atoms with Gasteiger partial charge >= 0.3 is 0 Å². The SMILES string of the molecule is C#N.COc1ccc(CC2CC2)cc1. The number of hydrogen-bond acceptors (Lipinski definition) is 2. The third-order valence-electron chi connectivity index (χ3n) is 2.38. The largest absolute Gasteiger partial charge is 0.497 e. The highest BCUT2D eigenvalue weighted by molar-refractivity contribution is 5.27. The van der Waals surface area contributed by atoms with Gasteiger partial charge in [-0.3, -0.25) is 0 Å². The summed E-state index contributed by atoms with van der Waals surface area (Å²) >= 11 is 0. The summed E-state index contributed by atoms with van der Waals surface area (Å²) in [5.74, 6) is 1.92. The van der Waals surface area contributed by atoms with Crippen LogP contribution in [-0.2, 0) is 6.42 Å². The normalized spacial score (nSPS) is 13.9. The van der Waals surface area contributed by atoms with Gasteiger partial charge in [-0.05, 0) is 42.9 Å². The van der Waals surface area contributed by atoms with Crippen molar-refractivity contribution in [3.63, 3.8) is 0 Å². The number of hydrogen-bond donors (Lipinski definition) is 0. The van der Waals surface area contributed by atoms with Gasteiger partial charge in [-0.1, -0.05) is 12.1 Å². The Morgan fingerprint density at radius 2 is 1.86 bits per heavy atom. The molecule has 0 spiro atoms. The van der Waals surface area contributed by atoms with Gasteiger partial charge in [0.15, 0.2) is 0 Å². The van der Waals surface area contributed by atoms with Crippen molar-refractivity contribution in [3.05, 3.63) is 29.8 Å². The molecular weight excluding hydrogens is 174 g/mol. The van der Waals surface area contributed by atoms with Crippen LogP contribution in [0.2, 0.25) is 0 Å². The molecule has 2 nitrogen and oxygen atoms in total. The maximum absolute atomic E-state index is 6.50. The Hall–Kier alpha value is -1.49. The second-order valence-electron chi connectivity index (χ2n) is 3.50. The van der Waals surface area contributed by atoms with Gasteiger partial charge in [0.1, 0.15) is 5.75 Å². The topological polar surface area (TPSA) is 33.0 Å². The first-order chi connectivity index (χ1) is 6.88. The smallest absolute Gasteiger partial charge is 0.118 e. The van der Waals surface area contributed by atoms with Gasteiger partial charge < -0.3 is 4.74 Å². The van der Waals surface area contributed by atoms with Crippen molar-refractivity contribution in [3.8, 4) is 12.3 Å². The first-order valence-electron chi connectivity index (χ1n) is 4.77. The fourth-order valence-corrected chi connectivity index (χ4v) is 1.42. The van der Waals surface area contributed by atoms with Gasteiger partial charge in [0.05, 0.1) is 7.11 Å². The minimum Gasteiger partial charge on any atom is -0.497 e. The number of ether oxygens (including phenoxy) is 1. The lowest BCUT2D eigenvalue weighted by atomic mass is 10.1. The Bertz CT molecular complexity index is 285. The molecule has 0 saturated heterocycles. The van der Waals surface area contributed by atoms with E-state index in [0.717, 1.165) is 11.7 Å². The Balaban J connectivity index is 0.000000461. The molecule has 0 atom stereocenters. The predicted octanol–water partition coefficient (Wildman–Crippen LogP) is 2.79. The van der Waals surface area contributed by atoms with Crippen molar-refractivity contribution in [1.29, 1.82) is 5.26 Å². The van der Waals surface area contributed by atoms with Gasteiger partial charge in [0, 0.05) is 6.57 Å². The minimum atomic E-state index is 0.953. The van der Waals surface area contributed by atoms with E-state index in [2.05, 4.69) is 18.7 Å². The quantitative estimate of drug-likeness (QED) is 0.732. The molecule has 2 rings (SSSR count). The summed E-state index contributed by atoms with van der Waals surface area (Å²) < 4.78 is 5.09. The Kier molecular flexibility index (Phi) is 4.00. The molecule has 0 aliphatic heterocycles. The second kappa shape index (κ2) is 5.29. The van der Waals surface area contributed by atoms with Crippen LogP contribution in [0.15, 0.2) is 24.3 Å². The molecule has 0 aromatic heterocycles. The van der Waals surface area contributed by atoms with E-state index in [-0.39, 0.29) is 0 Å². The van der Waals surface area contributed by atoms with Gasteiger partial charge in [-0.15, -0.1) is 0 Å². The fourth-order valence-electron chi connectivity index (χ4n) is 1.42. The molecule has 1 aromatic rings. The molecule has 0 radical (unpaired) electrons. The number of nitrogens with zero attached hydrogens (tertiary/aromatic N) is 1. The van der Waals surface area contributed by atoms with E-state index >= 15 is 0 Å². The third kappa shape index (κ3) is 3.10. The lowest BCUT2D eigenvalue weighted by molar-refractivity contribution is 0.414. The monoisotopic (exact) mass is 189 g/mol. The first-order valence-corrected chi connectivity index (χ1v) is 4.77. The van der Waals surface area contributed by atoms with Gasteiger partial charge in [0.2, 0.25) is 0 Å². The summed E-state index contributed by atoms with van der Waals surface area (Å²) in [4.78, 5) is 0. The van der Waals surface area contributed by atoms with Gasteiger partial charge in [-0.25, -0.2) is 5.26 Å². The molecule has 0 heterocycles. The average Bonchev–Trinajstić information content (AvgIpc) is 3.06. The lowest BCUT2D eigenvalue weighted by Gasteiger charge is -2.01. The van der Waals surface area contributed by atoms with E-state index in [1.807, 2.05) is 12.1 Å². The summed E-state index contributed by atoms with van der Waals surface area (Å²) in [7, 11) is 1.70. The van der Waals surface area contributed by atoms with Crippen molar-refractivity contribution in [2.75, 3.05) is 7.11 Å². The van der Waals surface area contributed by atoms with Crippen LogP contribution in [0.4, 0.5) is 0 Å². The molecule has 1 saturated carbocycles. The van der Waals surface area contributed by atoms with E-state index in [0.29, 0.717) is 0 Å². The zero-order valence-electron chi connectivity index (χ0n) is 8.44. The van der Waals surface area contributed by atoms with Crippen LogP contribution in [0.5, 0.6) is 5.75 Å². The molecule has 1 fully saturated rings. The molecule has 1 aromatic carbocycles. The van der Waals surface area contributed by atoms with Crippen LogP contribution in [0.1, 0.15) is 18.4 Å². The van der Waals surface area contributed by atoms with Crippen LogP contribution < -0.4 is 4.74 Å². The molecule has 1 aliphatic carbocycles. The number of methoxy groups -OCH3 is 1. The van der Waals surface area contributed by atoms with Crippen molar-refractivity contribution < 1.29 is 4.74 Å². The highest BCUT2D eigenvalue weighted by Gasteiger charge is 2.21. The van der Waals surface area contributed by atoms with Crippen LogP contribution in [0.3, 0.4) is 0 Å². The lowest BCUT2D eigenvalue weighted by Crippen LogP contribution is -1.87. The number of nitriles is 1. The van der Waals surface area contributed by atoms with Crippen molar-refractivity contribution >= 4 is 0 Å². The van der Waals surface area contributed by atoms with Crippen molar-refractivity contribution in [2.24, 2.45) is 5.92 Å². The van der Waals surface area contributed by atoms with Crippen LogP contribution in [0.25, 0.3) is 0 Å². The van der Waals surface area contributed by atoms with Crippen molar-refractivity contribution in [2.45, 2.75) is 19.3 Å². The molecule has 0 amide bonds. The standard InChI is InChI=1S/C11H14O.CHN/c1-12-11-6-4-10(5-7-11)8-9-2-3-9;1-2/h4-7,9H,2-3,8H2,1H3;1H. The summed E-state index contributed by atoms with van der Waals surface area (Å²) in [6, 6.07) is 8.41. The average molecular weight is 189 g/mol. The maximum Gasteiger partial charge on any atom is 0.118 e. The van der Waals surface area contributed by atoms with E-state index in [4.69, 9.17) is 10.00 Å². The summed E-state index contributed by atoms with van der Waals surface area (Å²) in [6.07, 6.45) is 4.10. The van der Waals surface area contributed by atoms with E-state index in [1.54, 1.807) is 7.11 Å². The zero-order chi connectivity index (χ0) is 10.4. The molecule has 14 heavy (non-hydrogen) atoms. The summed E-state index contributed by atoms with van der Waals surface area (Å²) in [5, 5.41) is 6.50. The highest BCUT2D eigenvalue weighted by Crippen LogP contribution is 2.32. The molecule has 2 heteroatoms. The minimum absolute atomic E-state index is 0.953. The fraction of sp³-hybridized carbons (Fsp3) is 0.417. The Morgan fingerprint density at radius 3 is 2.29 bits per heavy atom. The van der Waals surface area contributed by atoms with Crippen LogP contribution in [0, 0.1) is 17.8 Å². The van der Waals surface area contributed by atoms with Gasteiger partial charge in [0.25, 0.3) is 0 Å². The third-order valence-corrected chi connectivity index (χ3v) is 2.38. The second-order valence-corrected chi connectivity index (χ2v) is 3.50. The molecule has 0 unspecified atom stereocenters. The van der Waals surface area contributed by atoms with E-state index in [9.17, 15) is 0 Å². The molecule has 0 bridgehead atoms. The Labute approximate surface area is 85.1 Å². The van der Waals surface area contributed by atoms with Crippen molar-refractivity contribution in [1.82, 2.24) is 0 Å². The molecule has 0 N–H and O–H groups in total. The number of rotatable bonds is 3. The maximum atomic E-state index is 6.50. The molecule has 1 aliphatic rings. The first kappa shape index (κ1) is 10.6. The summed E-state index contributed by atoms with van der Waals surface area (Å²) in [5.41, 5.74) is 1.44. The van der Waals surface area contributed by atoms with Gasteiger partial charge in [-0.2, -0.15) is 0 Å². The van der Waals surface area contributed by atoms with Crippen LogP contribution in [-0.4, -0.2) is 7.11 Å². The highest BCUT2D eigenvalue weighted by atomic mass is 16.5. The summed E-state index contributed by atoms with van der Waals surface area (Å²) in [6.45, 7) is 3.50. The zero-order valence-corrected chi connectivity index (χ0v) is 8.44. The van der Waals surface area contributed by atoms with Crippen LogP contribution >= 0.6 is 0 Å². The Morgan fingerprint density at radius 1 is 1.29 bits per heavy atom. The van der Waals surface area contributed by atoms with E-state index in [1.165, 1.54) is 24.8 Å². The molecular formula is C12H15NO.